The minimum absolute atomic E-state index is 0.645. The number of hydrogen-bond donors (Lipinski definition) is 1. The van der Waals surface area contributed by atoms with Gasteiger partial charge in [-0.1, -0.05) is 12.1 Å². The van der Waals surface area contributed by atoms with E-state index in [1.54, 1.807) is 23.4 Å². The fourth-order valence-electron chi connectivity index (χ4n) is 1.69. The third-order valence-electron chi connectivity index (χ3n) is 2.55. The van der Waals surface area contributed by atoms with Gasteiger partial charge in [0.1, 0.15) is 6.33 Å². The molecule has 0 saturated heterocycles. The van der Waals surface area contributed by atoms with Gasteiger partial charge in [0.2, 0.25) is 0 Å². The van der Waals surface area contributed by atoms with E-state index in [0.717, 1.165) is 11.3 Å². The number of rotatable bonds is 2. The van der Waals surface area contributed by atoms with E-state index in [4.69, 9.17) is 5.73 Å². The lowest BCUT2D eigenvalue weighted by atomic mass is 10.2. The number of benzene rings is 1. The lowest BCUT2D eigenvalue weighted by Gasteiger charge is -1.98. The molecule has 0 radical (unpaired) electrons. The largest absolute Gasteiger partial charge is 0.399 e. The Bertz CT molecular complexity index is 660. The van der Waals surface area contributed by atoms with Gasteiger partial charge < -0.3 is 5.73 Å². The highest BCUT2D eigenvalue weighted by atomic mass is 15.3. The molecule has 3 aromatic rings. The third-order valence-corrected chi connectivity index (χ3v) is 2.55. The molecule has 0 aliphatic rings. The molecule has 2 heterocycles. The van der Waals surface area contributed by atoms with Crippen LogP contribution in [0.25, 0.3) is 17.1 Å². The van der Waals surface area contributed by atoms with E-state index in [9.17, 15) is 0 Å². The molecular formula is C13H11N5. The summed E-state index contributed by atoms with van der Waals surface area (Å²) < 4.78 is 1.69. The highest BCUT2D eigenvalue weighted by Crippen LogP contribution is 2.17. The molecule has 0 saturated carbocycles. The van der Waals surface area contributed by atoms with E-state index in [2.05, 4.69) is 15.1 Å². The van der Waals surface area contributed by atoms with Crippen molar-refractivity contribution in [2.45, 2.75) is 0 Å². The Morgan fingerprint density at radius 2 is 2.06 bits per heavy atom. The van der Waals surface area contributed by atoms with Gasteiger partial charge in [0.15, 0.2) is 5.82 Å². The Hall–Kier alpha value is -2.69. The first-order valence-electron chi connectivity index (χ1n) is 5.51. The maximum Gasteiger partial charge on any atom is 0.181 e. The first kappa shape index (κ1) is 10.5. The monoisotopic (exact) mass is 237 g/mol. The van der Waals surface area contributed by atoms with Crippen LogP contribution in [0.15, 0.2) is 55.1 Å². The van der Waals surface area contributed by atoms with Crippen LogP contribution in [0.4, 0.5) is 5.69 Å². The zero-order chi connectivity index (χ0) is 12.4. The van der Waals surface area contributed by atoms with Crippen molar-refractivity contribution in [2.24, 2.45) is 0 Å². The molecule has 88 valence electrons. The SMILES string of the molecule is Nc1cccc(-c2ncn(-c3cccnc3)n2)c1. The summed E-state index contributed by atoms with van der Waals surface area (Å²) in [6, 6.07) is 11.3. The van der Waals surface area contributed by atoms with Gasteiger partial charge >= 0.3 is 0 Å². The van der Waals surface area contributed by atoms with Crippen LogP contribution in [0, 0.1) is 0 Å². The Labute approximate surface area is 104 Å². The lowest BCUT2D eigenvalue weighted by Crippen LogP contribution is -1.95. The highest BCUT2D eigenvalue weighted by molar-refractivity contribution is 5.60. The van der Waals surface area contributed by atoms with Crippen molar-refractivity contribution in [1.82, 2.24) is 19.7 Å². The summed E-state index contributed by atoms with van der Waals surface area (Å²) in [6.07, 6.45) is 5.12. The van der Waals surface area contributed by atoms with Crippen molar-refractivity contribution in [3.63, 3.8) is 0 Å². The van der Waals surface area contributed by atoms with Gasteiger partial charge in [-0.3, -0.25) is 4.98 Å². The van der Waals surface area contributed by atoms with Crippen molar-refractivity contribution in [3.05, 3.63) is 55.1 Å². The van der Waals surface area contributed by atoms with Crippen LogP contribution in [0.3, 0.4) is 0 Å². The van der Waals surface area contributed by atoms with Gasteiger partial charge in [-0.25, -0.2) is 9.67 Å². The van der Waals surface area contributed by atoms with Crippen molar-refractivity contribution in [3.8, 4) is 17.1 Å². The van der Waals surface area contributed by atoms with Gasteiger partial charge in [-0.05, 0) is 24.3 Å². The topological polar surface area (TPSA) is 69.6 Å². The quantitative estimate of drug-likeness (QED) is 0.691. The predicted octanol–water partition coefficient (Wildman–Crippen LogP) is 1.91. The standard InChI is InChI=1S/C13H11N5/c14-11-4-1-3-10(7-11)13-16-9-18(17-13)12-5-2-6-15-8-12/h1-9H,14H2. The van der Waals surface area contributed by atoms with Crippen molar-refractivity contribution >= 4 is 5.69 Å². The highest BCUT2D eigenvalue weighted by Gasteiger charge is 2.05. The van der Waals surface area contributed by atoms with Crippen LogP contribution in [0.1, 0.15) is 0 Å². The Morgan fingerprint density at radius 1 is 1.11 bits per heavy atom. The molecular weight excluding hydrogens is 226 g/mol. The average molecular weight is 237 g/mol. The van der Waals surface area contributed by atoms with E-state index in [1.165, 1.54) is 0 Å². The maximum atomic E-state index is 5.74. The molecule has 3 rings (SSSR count). The summed E-state index contributed by atoms with van der Waals surface area (Å²) in [4.78, 5) is 8.32. The summed E-state index contributed by atoms with van der Waals surface area (Å²) in [5.74, 6) is 0.645. The summed E-state index contributed by atoms with van der Waals surface area (Å²) >= 11 is 0. The minimum Gasteiger partial charge on any atom is -0.399 e. The fourth-order valence-corrected chi connectivity index (χ4v) is 1.69. The number of aromatic nitrogens is 4. The normalized spacial score (nSPS) is 10.4. The Morgan fingerprint density at radius 3 is 2.83 bits per heavy atom. The predicted molar refractivity (Wildman–Crippen MR) is 69.0 cm³/mol. The van der Waals surface area contributed by atoms with Crippen LogP contribution in [-0.2, 0) is 0 Å². The number of pyridine rings is 1. The fraction of sp³-hybridized carbons (Fsp3) is 0. The molecule has 0 aliphatic carbocycles. The lowest BCUT2D eigenvalue weighted by molar-refractivity contribution is 0.875. The summed E-state index contributed by atoms with van der Waals surface area (Å²) in [6.45, 7) is 0. The molecule has 0 amide bonds. The van der Waals surface area contributed by atoms with Crippen molar-refractivity contribution in [2.75, 3.05) is 5.73 Å². The van der Waals surface area contributed by atoms with Crippen LogP contribution in [-0.4, -0.2) is 19.7 Å². The summed E-state index contributed by atoms with van der Waals surface area (Å²) in [5.41, 5.74) is 8.22. The molecule has 1 aromatic carbocycles. The van der Waals surface area contributed by atoms with Crippen molar-refractivity contribution in [1.29, 1.82) is 0 Å². The molecule has 0 fully saturated rings. The van der Waals surface area contributed by atoms with Crippen LogP contribution in [0.5, 0.6) is 0 Å². The second kappa shape index (κ2) is 4.29. The maximum absolute atomic E-state index is 5.74. The molecule has 5 nitrogen and oxygen atoms in total. The second-order valence-corrected chi connectivity index (χ2v) is 3.85. The average Bonchev–Trinajstić information content (AvgIpc) is 2.89. The zero-order valence-corrected chi connectivity index (χ0v) is 9.56. The molecule has 5 heteroatoms. The summed E-state index contributed by atoms with van der Waals surface area (Å²) in [7, 11) is 0. The first-order valence-corrected chi connectivity index (χ1v) is 5.51. The molecule has 0 bridgehead atoms. The van der Waals surface area contributed by atoms with Gasteiger partial charge in [0.05, 0.1) is 11.9 Å². The molecule has 0 atom stereocenters. The van der Waals surface area contributed by atoms with Crippen LogP contribution in [0.2, 0.25) is 0 Å². The van der Waals surface area contributed by atoms with Gasteiger partial charge in [0, 0.05) is 17.4 Å². The van der Waals surface area contributed by atoms with Crippen LogP contribution >= 0.6 is 0 Å². The van der Waals surface area contributed by atoms with Crippen molar-refractivity contribution < 1.29 is 0 Å². The summed E-state index contributed by atoms with van der Waals surface area (Å²) in [5, 5.41) is 4.40. The number of nitrogen functional groups attached to an aromatic ring is 1. The van der Waals surface area contributed by atoms with E-state index in [-0.39, 0.29) is 0 Å². The Kier molecular flexibility index (Phi) is 2.49. The van der Waals surface area contributed by atoms with Crippen LogP contribution < -0.4 is 5.73 Å². The molecule has 0 spiro atoms. The zero-order valence-electron chi connectivity index (χ0n) is 9.56. The molecule has 2 aromatic heterocycles. The molecule has 2 N–H and O–H groups in total. The third kappa shape index (κ3) is 1.93. The first-order chi connectivity index (χ1) is 8.83. The second-order valence-electron chi connectivity index (χ2n) is 3.85. The van der Waals surface area contributed by atoms with Gasteiger partial charge in [0.25, 0.3) is 0 Å². The van der Waals surface area contributed by atoms with E-state index in [1.807, 2.05) is 36.4 Å². The number of nitrogens with two attached hydrogens (primary N) is 1. The van der Waals surface area contributed by atoms with Gasteiger partial charge in [-0.2, -0.15) is 0 Å². The van der Waals surface area contributed by atoms with E-state index in [0.29, 0.717) is 11.5 Å². The molecule has 18 heavy (non-hydrogen) atoms. The molecule has 0 aliphatic heterocycles. The number of nitrogens with zero attached hydrogens (tertiary/aromatic N) is 4. The van der Waals surface area contributed by atoms with E-state index >= 15 is 0 Å². The number of hydrogen-bond acceptors (Lipinski definition) is 4. The smallest absolute Gasteiger partial charge is 0.181 e. The number of anilines is 1. The molecule has 0 unspecified atom stereocenters. The van der Waals surface area contributed by atoms with Gasteiger partial charge in [-0.15, -0.1) is 5.10 Å². The minimum atomic E-state index is 0.645. The Balaban J connectivity index is 2.00. The van der Waals surface area contributed by atoms with E-state index < -0.39 is 0 Å².